The first kappa shape index (κ1) is 23.3. The predicted molar refractivity (Wildman–Crippen MR) is 119 cm³/mol. The Kier molecular flexibility index (Phi) is 6.22. The van der Waals surface area contributed by atoms with Crippen LogP contribution in [0.1, 0.15) is 49.1 Å². The van der Waals surface area contributed by atoms with E-state index in [1.807, 2.05) is 18.2 Å². The number of aromatic amines is 1. The molecule has 0 saturated heterocycles. The summed E-state index contributed by atoms with van der Waals surface area (Å²) in [6.45, 7) is 0. The molecule has 4 rings (SSSR count). The summed E-state index contributed by atoms with van der Waals surface area (Å²) < 4.78 is 64.9. The summed E-state index contributed by atoms with van der Waals surface area (Å²) in [5.41, 5.74) is 0.572. The molecule has 1 heterocycles. The second kappa shape index (κ2) is 8.81. The molecule has 2 N–H and O–H groups in total. The van der Waals surface area contributed by atoms with Crippen LogP contribution in [-0.4, -0.2) is 30.5 Å². The van der Waals surface area contributed by atoms with E-state index in [1.165, 1.54) is 6.07 Å². The Morgan fingerprint density at radius 3 is 2.52 bits per heavy atom. The number of sulfone groups is 1. The average molecular weight is 480 g/mol. The van der Waals surface area contributed by atoms with Crippen LogP contribution in [0.5, 0.6) is 0 Å². The highest BCUT2D eigenvalue weighted by atomic mass is 32.2. The normalized spacial score (nSPS) is 16.2. The number of nitrogens with zero attached hydrogens (tertiary/aromatic N) is 1. The van der Waals surface area contributed by atoms with Gasteiger partial charge >= 0.3 is 6.18 Å². The lowest BCUT2D eigenvalue weighted by Gasteiger charge is -2.25. The fourth-order valence-corrected chi connectivity index (χ4v) is 5.52. The maximum absolute atomic E-state index is 13.7. The second-order valence-electron chi connectivity index (χ2n) is 8.53. The van der Waals surface area contributed by atoms with E-state index >= 15 is 0 Å². The van der Waals surface area contributed by atoms with Gasteiger partial charge < -0.3 is 4.98 Å². The summed E-state index contributed by atoms with van der Waals surface area (Å²) in [5, 5.41) is 2.71. The highest BCUT2D eigenvalue weighted by molar-refractivity contribution is 7.90. The number of rotatable bonds is 6. The second-order valence-corrected chi connectivity index (χ2v) is 10.5. The molecule has 1 unspecified atom stereocenters. The van der Waals surface area contributed by atoms with Crippen molar-refractivity contribution in [3.63, 3.8) is 0 Å². The van der Waals surface area contributed by atoms with Gasteiger partial charge in [-0.3, -0.25) is 10.1 Å². The lowest BCUT2D eigenvalue weighted by atomic mass is 9.81. The molecular formula is C23H24F3N3O3S. The molecule has 0 bridgehead atoms. The number of halogens is 3. The zero-order valence-electron chi connectivity index (χ0n) is 17.9. The first-order chi connectivity index (χ1) is 15.5. The van der Waals surface area contributed by atoms with Gasteiger partial charge in [0.1, 0.15) is 0 Å². The van der Waals surface area contributed by atoms with Crippen LogP contribution in [0.2, 0.25) is 0 Å². The van der Waals surface area contributed by atoms with Gasteiger partial charge in [-0.1, -0.05) is 31.0 Å². The van der Waals surface area contributed by atoms with Crippen molar-refractivity contribution < 1.29 is 26.4 Å². The molecular weight excluding hydrogens is 455 g/mol. The van der Waals surface area contributed by atoms with Gasteiger partial charge in [0.25, 0.3) is 0 Å². The standard InChI is InChI=1S/C23H24F3N3O3S/c1-33(31,32)20-11-10-15(12-17(20)23(24,25)26)16(14-6-2-3-7-14)13-21(30)29-22-27-18-8-4-5-9-19(18)28-22/h4-5,8-12,14,16H,2-3,6-7,13H2,1H3,(H2,27,28,29,30). The van der Waals surface area contributed by atoms with Gasteiger partial charge in [-0.05, 0) is 54.5 Å². The van der Waals surface area contributed by atoms with Crippen LogP contribution < -0.4 is 5.32 Å². The number of amides is 1. The third-order valence-electron chi connectivity index (χ3n) is 6.16. The molecule has 0 radical (unpaired) electrons. The molecule has 33 heavy (non-hydrogen) atoms. The third kappa shape index (κ3) is 5.21. The smallest absolute Gasteiger partial charge is 0.324 e. The van der Waals surface area contributed by atoms with Crippen LogP contribution in [0, 0.1) is 5.92 Å². The number of anilines is 1. The summed E-state index contributed by atoms with van der Waals surface area (Å²) in [6, 6.07) is 10.6. The largest absolute Gasteiger partial charge is 0.417 e. The zero-order valence-corrected chi connectivity index (χ0v) is 18.8. The van der Waals surface area contributed by atoms with Crippen molar-refractivity contribution in [1.82, 2.24) is 9.97 Å². The summed E-state index contributed by atoms with van der Waals surface area (Å²) in [4.78, 5) is 19.4. The van der Waals surface area contributed by atoms with E-state index < -0.39 is 32.4 Å². The van der Waals surface area contributed by atoms with E-state index in [2.05, 4.69) is 15.3 Å². The fourth-order valence-electron chi connectivity index (χ4n) is 4.63. The third-order valence-corrected chi connectivity index (χ3v) is 7.31. The number of nitrogens with one attached hydrogen (secondary N) is 2. The average Bonchev–Trinajstić information content (AvgIpc) is 3.39. The van der Waals surface area contributed by atoms with Crippen molar-refractivity contribution in [2.75, 3.05) is 11.6 Å². The van der Waals surface area contributed by atoms with Crippen LogP contribution in [0.3, 0.4) is 0 Å². The van der Waals surface area contributed by atoms with Gasteiger partial charge in [-0.2, -0.15) is 13.2 Å². The van der Waals surface area contributed by atoms with E-state index in [0.717, 1.165) is 49.6 Å². The number of para-hydroxylation sites is 2. The summed E-state index contributed by atoms with van der Waals surface area (Å²) in [5.74, 6) is -0.523. The predicted octanol–water partition coefficient (Wildman–Crippen LogP) is 5.29. The van der Waals surface area contributed by atoms with E-state index in [0.29, 0.717) is 11.1 Å². The van der Waals surface area contributed by atoms with Gasteiger partial charge in [-0.25, -0.2) is 13.4 Å². The van der Waals surface area contributed by atoms with Gasteiger partial charge in [0.2, 0.25) is 11.9 Å². The first-order valence-electron chi connectivity index (χ1n) is 10.7. The van der Waals surface area contributed by atoms with Gasteiger partial charge in [-0.15, -0.1) is 0 Å². The minimum atomic E-state index is -4.83. The maximum Gasteiger partial charge on any atom is 0.417 e. The molecule has 1 aromatic heterocycles. The van der Waals surface area contributed by atoms with E-state index in [9.17, 15) is 26.4 Å². The van der Waals surface area contributed by atoms with Crippen molar-refractivity contribution in [2.24, 2.45) is 5.92 Å². The minimum absolute atomic E-state index is 0.0305. The molecule has 0 spiro atoms. The summed E-state index contributed by atoms with van der Waals surface area (Å²) >= 11 is 0. The number of carbonyl (C=O) groups excluding carboxylic acids is 1. The molecule has 10 heteroatoms. The summed E-state index contributed by atoms with van der Waals surface area (Å²) in [7, 11) is -4.07. The van der Waals surface area contributed by atoms with Crippen molar-refractivity contribution in [3.8, 4) is 0 Å². The topological polar surface area (TPSA) is 91.9 Å². The van der Waals surface area contributed by atoms with E-state index in [4.69, 9.17) is 0 Å². The van der Waals surface area contributed by atoms with Crippen LogP contribution in [0.25, 0.3) is 11.0 Å². The molecule has 3 aromatic rings. The number of alkyl halides is 3. The monoisotopic (exact) mass is 479 g/mol. The number of carbonyl (C=O) groups is 1. The van der Waals surface area contributed by atoms with Crippen LogP contribution in [0.4, 0.5) is 19.1 Å². The summed E-state index contributed by atoms with van der Waals surface area (Å²) in [6.07, 6.45) is -0.607. The van der Waals surface area contributed by atoms with E-state index in [-0.39, 0.29) is 24.2 Å². The number of benzene rings is 2. The van der Waals surface area contributed by atoms with Crippen LogP contribution in [0.15, 0.2) is 47.4 Å². The van der Waals surface area contributed by atoms with Gasteiger partial charge in [0.05, 0.1) is 21.5 Å². The molecule has 1 fully saturated rings. The zero-order chi connectivity index (χ0) is 23.8. The molecule has 1 aliphatic rings. The number of imidazole rings is 1. The lowest BCUT2D eigenvalue weighted by molar-refractivity contribution is -0.139. The molecule has 1 aliphatic carbocycles. The highest BCUT2D eigenvalue weighted by Crippen LogP contribution is 2.42. The quantitative estimate of drug-likeness (QED) is 0.503. The number of hydrogen-bond donors (Lipinski definition) is 2. The van der Waals surface area contributed by atoms with Crippen molar-refractivity contribution in [3.05, 3.63) is 53.6 Å². The Hall–Kier alpha value is -2.88. The molecule has 176 valence electrons. The Balaban J connectivity index is 1.64. The minimum Gasteiger partial charge on any atom is -0.324 e. The SMILES string of the molecule is CS(=O)(=O)c1ccc(C(CC(=O)Nc2nc3ccccc3[nH]2)C2CCCC2)cc1C(F)(F)F. The molecule has 2 aromatic carbocycles. The number of hydrogen-bond acceptors (Lipinski definition) is 4. The Labute approximate surface area is 189 Å². The Morgan fingerprint density at radius 2 is 1.88 bits per heavy atom. The molecule has 1 saturated carbocycles. The van der Waals surface area contributed by atoms with Crippen LogP contribution in [-0.2, 0) is 20.8 Å². The van der Waals surface area contributed by atoms with Crippen molar-refractivity contribution >= 4 is 32.7 Å². The van der Waals surface area contributed by atoms with Crippen molar-refractivity contribution in [1.29, 1.82) is 0 Å². The number of aromatic nitrogens is 2. The molecule has 0 aliphatic heterocycles. The molecule has 1 atom stereocenters. The first-order valence-corrected chi connectivity index (χ1v) is 12.6. The Morgan fingerprint density at radius 1 is 1.18 bits per heavy atom. The molecule has 6 nitrogen and oxygen atoms in total. The van der Waals surface area contributed by atoms with Gasteiger partial charge in [0, 0.05) is 12.7 Å². The molecule has 1 amide bonds. The fraction of sp³-hybridized carbons (Fsp3) is 0.391. The van der Waals surface area contributed by atoms with Crippen molar-refractivity contribution in [2.45, 2.75) is 49.1 Å². The van der Waals surface area contributed by atoms with Crippen LogP contribution >= 0.6 is 0 Å². The Bertz CT molecular complexity index is 1250. The lowest BCUT2D eigenvalue weighted by Crippen LogP contribution is -2.21. The number of fused-ring (bicyclic) bond motifs is 1. The van der Waals surface area contributed by atoms with Gasteiger partial charge in [0.15, 0.2) is 9.84 Å². The number of H-pyrrole nitrogens is 1. The highest BCUT2D eigenvalue weighted by Gasteiger charge is 2.38. The van der Waals surface area contributed by atoms with E-state index in [1.54, 1.807) is 6.07 Å². The maximum atomic E-state index is 13.7.